The van der Waals surface area contributed by atoms with Gasteiger partial charge in [0.25, 0.3) is 0 Å². The van der Waals surface area contributed by atoms with Crippen LogP contribution in [0.4, 0.5) is 17.3 Å². The predicted octanol–water partition coefficient (Wildman–Crippen LogP) is 1.20. The van der Waals surface area contributed by atoms with Crippen molar-refractivity contribution in [1.82, 2.24) is 14.9 Å². The summed E-state index contributed by atoms with van der Waals surface area (Å²) in [5.74, 6) is 0.655. The number of nitrogens with one attached hydrogen (secondary N) is 2. The third kappa shape index (κ3) is 4.69. The quantitative estimate of drug-likeness (QED) is 0.838. The van der Waals surface area contributed by atoms with Crippen molar-refractivity contribution in [2.75, 3.05) is 48.3 Å². The van der Waals surface area contributed by atoms with E-state index in [0.717, 1.165) is 24.5 Å². The minimum Gasteiger partial charge on any atom is -0.376 e. The molecule has 1 saturated heterocycles. The van der Waals surface area contributed by atoms with Crippen molar-refractivity contribution >= 4 is 29.1 Å². The lowest BCUT2D eigenvalue weighted by atomic mass is 10.2. The second-order valence-corrected chi connectivity index (χ2v) is 6.03. The van der Waals surface area contributed by atoms with E-state index in [2.05, 4.69) is 25.5 Å². The molecule has 0 bridgehead atoms. The van der Waals surface area contributed by atoms with E-state index in [1.807, 2.05) is 17.0 Å². The van der Waals surface area contributed by atoms with E-state index in [1.54, 1.807) is 30.6 Å². The molecule has 1 aliphatic rings. The summed E-state index contributed by atoms with van der Waals surface area (Å²) in [7, 11) is 0. The van der Waals surface area contributed by atoms with Crippen molar-refractivity contribution in [3.05, 3.63) is 42.7 Å². The van der Waals surface area contributed by atoms with Crippen LogP contribution < -0.4 is 15.5 Å². The van der Waals surface area contributed by atoms with Gasteiger partial charge >= 0.3 is 0 Å². The standard InChI is InChI=1S/C18H22N6O2/c1-14(25)22-16-5-3-15(4-6-16)21-13-17(26)23-9-11-24(12-10-23)18-19-7-2-8-20-18/h2-8,21H,9-13H2,1H3,(H,22,25). The Hall–Kier alpha value is -3.16. The number of amides is 2. The van der Waals surface area contributed by atoms with Crippen molar-refractivity contribution < 1.29 is 9.59 Å². The fourth-order valence-electron chi connectivity index (χ4n) is 2.77. The minimum atomic E-state index is -0.110. The molecule has 1 aliphatic heterocycles. The summed E-state index contributed by atoms with van der Waals surface area (Å²) < 4.78 is 0. The number of carbonyl (C=O) groups excluding carboxylic acids is 2. The molecule has 0 spiro atoms. The number of piperazine rings is 1. The molecule has 8 nitrogen and oxygen atoms in total. The van der Waals surface area contributed by atoms with Gasteiger partial charge in [0.1, 0.15) is 0 Å². The van der Waals surface area contributed by atoms with E-state index in [-0.39, 0.29) is 18.4 Å². The molecule has 0 atom stereocenters. The van der Waals surface area contributed by atoms with Crippen LogP contribution in [0.2, 0.25) is 0 Å². The Balaban J connectivity index is 1.45. The highest BCUT2D eigenvalue weighted by atomic mass is 16.2. The molecule has 2 heterocycles. The van der Waals surface area contributed by atoms with Crippen molar-refractivity contribution in [3.8, 4) is 0 Å². The van der Waals surface area contributed by atoms with Gasteiger partial charge in [0.2, 0.25) is 17.8 Å². The summed E-state index contributed by atoms with van der Waals surface area (Å²) in [6.45, 7) is 4.46. The topological polar surface area (TPSA) is 90.5 Å². The molecule has 3 rings (SSSR count). The molecule has 2 N–H and O–H groups in total. The van der Waals surface area contributed by atoms with Crippen LogP contribution >= 0.6 is 0 Å². The maximum Gasteiger partial charge on any atom is 0.241 e. The Morgan fingerprint density at radius 1 is 1.00 bits per heavy atom. The zero-order valence-corrected chi connectivity index (χ0v) is 14.7. The van der Waals surface area contributed by atoms with Gasteiger partial charge in [-0.25, -0.2) is 9.97 Å². The maximum atomic E-state index is 12.4. The Labute approximate surface area is 152 Å². The maximum absolute atomic E-state index is 12.4. The molecule has 8 heteroatoms. The fourth-order valence-corrected chi connectivity index (χ4v) is 2.77. The zero-order valence-electron chi connectivity index (χ0n) is 14.7. The van der Waals surface area contributed by atoms with Gasteiger partial charge in [0.05, 0.1) is 6.54 Å². The van der Waals surface area contributed by atoms with E-state index >= 15 is 0 Å². The molecule has 0 saturated carbocycles. The van der Waals surface area contributed by atoms with Gasteiger partial charge < -0.3 is 20.4 Å². The Morgan fingerprint density at radius 3 is 2.23 bits per heavy atom. The van der Waals surface area contributed by atoms with E-state index < -0.39 is 0 Å². The van der Waals surface area contributed by atoms with Gasteiger partial charge in [0, 0.05) is 56.9 Å². The van der Waals surface area contributed by atoms with Crippen LogP contribution in [-0.4, -0.2) is 59.4 Å². The third-order valence-corrected chi connectivity index (χ3v) is 4.12. The fraction of sp³-hybridized carbons (Fsp3) is 0.333. The second kappa shape index (κ2) is 8.28. The lowest BCUT2D eigenvalue weighted by Crippen LogP contribution is -2.50. The van der Waals surface area contributed by atoms with Crippen LogP contribution in [0.1, 0.15) is 6.92 Å². The van der Waals surface area contributed by atoms with Gasteiger partial charge in [-0.3, -0.25) is 9.59 Å². The smallest absolute Gasteiger partial charge is 0.241 e. The molecular weight excluding hydrogens is 332 g/mol. The Bertz CT molecular complexity index is 742. The molecule has 2 aromatic rings. The van der Waals surface area contributed by atoms with Crippen LogP contribution in [0.5, 0.6) is 0 Å². The van der Waals surface area contributed by atoms with Gasteiger partial charge in [-0.05, 0) is 30.3 Å². The van der Waals surface area contributed by atoms with E-state index in [1.165, 1.54) is 6.92 Å². The average molecular weight is 354 g/mol. The van der Waals surface area contributed by atoms with E-state index in [0.29, 0.717) is 19.0 Å². The van der Waals surface area contributed by atoms with Gasteiger partial charge in [-0.2, -0.15) is 0 Å². The van der Waals surface area contributed by atoms with Crippen molar-refractivity contribution in [2.24, 2.45) is 0 Å². The van der Waals surface area contributed by atoms with Crippen LogP contribution in [0.3, 0.4) is 0 Å². The number of hydrogen-bond acceptors (Lipinski definition) is 6. The van der Waals surface area contributed by atoms with E-state index in [9.17, 15) is 9.59 Å². The van der Waals surface area contributed by atoms with Crippen molar-refractivity contribution in [1.29, 1.82) is 0 Å². The van der Waals surface area contributed by atoms with Crippen LogP contribution in [0, 0.1) is 0 Å². The molecule has 1 fully saturated rings. The lowest BCUT2D eigenvalue weighted by Gasteiger charge is -2.34. The van der Waals surface area contributed by atoms with Crippen LogP contribution in [0.15, 0.2) is 42.7 Å². The molecule has 0 radical (unpaired) electrons. The molecule has 1 aromatic heterocycles. The van der Waals surface area contributed by atoms with Gasteiger partial charge in [-0.1, -0.05) is 0 Å². The summed E-state index contributed by atoms with van der Waals surface area (Å²) in [6.07, 6.45) is 3.45. The molecule has 2 amide bonds. The number of rotatable bonds is 5. The third-order valence-electron chi connectivity index (χ3n) is 4.12. The predicted molar refractivity (Wildman–Crippen MR) is 100 cm³/mol. The van der Waals surface area contributed by atoms with Gasteiger partial charge in [0.15, 0.2) is 0 Å². The summed E-state index contributed by atoms with van der Waals surface area (Å²) in [5.41, 5.74) is 1.57. The SMILES string of the molecule is CC(=O)Nc1ccc(NCC(=O)N2CCN(c3ncccn3)CC2)cc1. The summed E-state index contributed by atoms with van der Waals surface area (Å²) in [5, 5.41) is 5.83. The largest absolute Gasteiger partial charge is 0.376 e. The summed E-state index contributed by atoms with van der Waals surface area (Å²) in [4.78, 5) is 35.8. The highest BCUT2D eigenvalue weighted by Crippen LogP contribution is 2.14. The molecule has 0 aliphatic carbocycles. The normalized spacial score (nSPS) is 14.0. The Morgan fingerprint density at radius 2 is 1.62 bits per heavy atom. The van der Waals surface area contributed by atoms with Crippen LogP contribution in [0.25, 0.3) is 0 Å². The number of nitrogens with zero attached hydrogens (tertiary/aromatic N) is 4. The highest BCUT2D eigenvalue weighted by molar-refractivity contribution is 5.89. The molecule has 0 unspecified atom stereocenters. The zero-order chi connectivity index (χ0) is 18.4. The second-order valence-electron chi connectivity index (χ2n) is 6.03. The first-order chi connectivity index (χ1) is 12.6. The number of aromatic nitrogens is 2. The van der Waals surface area contributed by atoms with Gasteiger partial charge in [-0.15, -0.1) is 0 Å². The molecule has 26 heavy (non-hydrogen) atoms. The molecular formula is C18H22N6O2. The average Bonchev–Trinajstić information content (AvgIpc) is 2.67. The number of carbonyl (C=O) groups is 2. The lowest BCUT2D eigenvalue weighted by molar-refractivity contribution is -0.129. The number of benzene rings is 1. The minimum absolute atomic E-state index is 0.0598. The highest BCUT2D eigenvalue weighted by Gasteiger charge is 2.22. The van der Waals surface area contributed by atoms with Crippen LogP contribution in [-0.2, 0) is 9.59 Å². The number of hydrogen-bond donors (Lipinski definition) is 2. The molecule has 136 valence electrons. The summed E-state index contributed by atoms with van der Waals surface area (Å²) in [6, 6.07) is 9.06. The first-order valence-electron chi connectivity index (χ1n) is 8.53. The molecule has 1 aromatic carbocycles. The van der Waals surface area contributed by atoms with E-state index in [4.69, 9.17) is 0 Å². The first-order valence-corrected chi connectivity index (χ1v) is 8.53. The van der Waals surface area contributed by atoms with Crippen molar-refractivity contribution in [3.63, 3.8) is 0 Å². The Kier molecular flexibility index (Phi) is 5.62. The first kappa shape index (κ1) is 17.7. The van der Waals surface area contributed by atoms with Crippen molar-refractivity contribution in [2.45, 2.75) is 6.92 Å². The number of anilines is 3. The monoisotopic (exact) mass is 354 g/mol. The summed E-state index contributed by atoms with van der Waals surface area (Å²) >= 11 is 0.